The number of benzene rings is 3. The van der Waals surface area contributed by atoms with E-state index in [2.05, 4.69) is 5.32 Å². The molecule has 1 amide bonds. The highest BCUT2D eigenvalue weighted by atomic mass is 19.4. The third-order valence-corrected chi connectivity index (χ3v) is 5.93. The van der Waals surface area contributed by atoms with Crippen LogP contribution in [0, 0.1) is 24.0 Å². The molecule has 0 spiro atoms. The van der Waals surface area contributed by atoms with Crippen LogP contribution in [0.2, 0.25) is 0 Å². The number of aryl methyl sites for hydroxylation is 1. The lowest BCUT2D eigenvalue weighted by atomic mass is 9.95. The van der Waals surface area contributed by atoms with Crippen molar-refractivity contribution in [2.75, 3.05) is 0 Å². The highest BCUT2D eigenvalue weighted by Gasteiger charge is 2.34. The van der Waals surface area contributed by atoms with Crippen molar-refractivity contribution in [2.24, 2.45) is 0 Å². The summed E-state index contributed by atoms with van der Waals surface area (Å²) in [5.74, 6) is -2.38. The van der Waals surface area contributed by atoms with Crippen molar-refractivity contribution >= 4 is 5.91 Å². The van der Waals surface area contributed by atoms with Gasteiger partial charge in [-0.1, -0.05) is 12.1 Å². The molecule has 4 aromatic rings. The Hall–Kier alpha value is -4.21. The van der Waals surface area contributed by atoms with E-state index < -0.39 is 35.3 Å². The molecule has 37 heavy (non-hydrogen) atoms. The van der Waals surface area contributed by atoms with Gasteiger partial charge in [-0.25, -0.2) is 8.78 Å². The lowest BCUT2D eigenvalue weighted by Gasteiger charge is -2.18. The van der Waals surface area contributed by atoms with Crippen molar-refractivity contribution < 1.29 is 31.2 Å². The molecule has 192 valence electrons. The van der Waals surface area contributed by atoms with Gasteiger partial charge >= 0.3 is 6.18 Å². The van der Waals surface area contributed by atoms with E-state index in [-0.39, 0.29) is 23.4 Å². The molecule has 0 saturated carbocycles. The molecule has 0 aliphatic heterocycles. The number of hydrogen-bond donors (Lipinski definition) is 2. The van der Waals surface area contributed by atoms with E-state index in [1.165, 1.54) is 36.0 Å². The first kappa shape index (κ1) is 25.9. The summed E-state index contributed by atoms with van der Waals surface area (Å²) in [5.41, 5.74) is 1.36. The van der Waals surface area contributed by atoms with Gasteiger partial charge < -0.3 is 9.73 Å². The Kier molecular flexibility index (Phi) is 7.02. The fourth-order valence-electron chi connectivity index (χ4n) is 4.04. The fraction of sp³-hybridized carbons (Fsp3) is 0.185. The van der Waals surface area contributed by atoms with E-state index in [1.54, 1.807) is 37.4 Å². The minimum Gasteiger partial charge on any atom is -0.432 e. The lowest BCUT2D eigenvalue weighted by molar-refractivity contribution is -0.140. The normalized spacial score (nSPS) is 12.4. The third kappa shape index (κ3) is 5.79. The van der Waals surface area contributed by atoms with Crippen molar-refractivity contribution in [3.05, 3.63) is 112 Å². The van der Waals surface area contributed by atoms with E-state index in [4.69, 9.17) is 9.83 Å². The number of rotatable bonds is 6. The van der Waals surface area contributed by atoms with Gasteiger partial charge in [-0.2, -0.15) is 13.2 Å². The molecule has 0 bridgehead atoms. The Morgan fingerprint density at radius 2 is 1.84 bits per heavy atom. The van der Waals surface area contributed by atoms with Gasteiger partial charge in [0.1, 0.15) is 17.9 Å². The molecule has 3 aromatic carbocycles. The second-order valence-electron chi connectivity index (χ2n) is 8.65. The number of alkyl halides is 3. The standard InChI is InChI=1S/C27H22F5N3O2/c1-15-9-21(28)4-5-22(15)19-10-17(14-35-7-8-37-26(35)33)11-20(12-19)25(36)34-16(2)18-3-6-24(29)23(13-18)27(30,31)32/h3-13,16,33H,14H2,1-2H3,(H,34,36)/t16-/m0/s1. The van der Waals surface area contributed by atoms with Gasteiger partial charge in [0.2, 0.25) is 0 Å². The summed E-state index contributed by atoms with van der Waals surface area (Å²) in [6.45, 7) is 3.42. The zero-order chi connectivity index (χ0) is 26.9. The quantitative estimate of drug-likeness (QED) is 0.293. The number of halogens is 5. The van der Waals surface area contributed by atoms with Crippen LogP contribution in [0.25, 0.3) is 11.1 Å². The Balaban J connectivity index is 1.69. The van der Waals surface area contributed by atoms with Gasteiger partial charge in [0.15, 0.2) is 0 Å². The highest BCUT2D eigenvalue weighted by molar-refractivity contribution is 5.96. The van der Waals surface area contributed by atoms with Crippen molar-refractivity contribution in [1.29, 1.82) is 5.41 Å². The summed E-state index contributed by atoms with van der Waals surface area (Å²) in [5, 5.41) is 10.5. The van der Waals surface area contributed by atoms with Crippen LogP contribution in [0.1, 0.15) is 45.6 Å². The molecule has 0 unspecified atom stereocenters. The minimum absolute atomic E-state index is 0.0839. The Morgan fingerprint density at radius 3 is 2.49 bits per heavy atom. The molecule has 0 aliphatic carbocycles. The second-order valence-corrected chi connectivity index (χ2v) is 8.65. The van der Waals surface area contributed by atoms with E-state index in [9.17, 15) is 26.7 Å². The maximum absolute atomic E-state index is 13.7. The predicted molar refractivity (Wildman–Crippen MR) is 126 cm³/mol. The van der Waals surface area contributed by atoms with Gasteiger partial charge in [0, 0.05) is 11.8 Å². The topological polar surface area (TPSA) is 71.0 Å². The van der Waals surface area contributed by atoms with Crippen LogP contribution >= 0.6 is 0 Å². The molecule has 4 rings (SSSR count). The molecule has 0 radical (unpaired) electrons. The van der Waals surface area contributed by atoms with Crippen molar-refractivity contribution in [1.82, 2.24) is 9.88 Å². The number of aromatic nitrogens is 1. The maximum Gasteiger partial charge on any atom is 0.419 e. The van der Waals surface area contributed by atoms with Crippen LogP contribution in [0.4, 0.5) is 22.0 Å². The molecular formula is C27H22F5N3O2. The molecule has 10 heteroatoms. The number of oxazole rings is 1. The SMILES string of the molecule is Cc1cc(F)ccc1-c1cc(Cn2ccoc2=N)cc(C(=O)N[C@@H](C)c2ccc(F)c(C(F)(F)F)c2)c1. The van der Waals surface area contributed by atoms with Crippen LogP contribution in [0.3, 0.4) is 0 Å². The minimum atomic E-state index is -4.87. The molecular weight excluding hydrogens is 493 g/mol. The van der Waals surface area contributed by atoms with Gasteiger partial charge in [-0.15, -0.1) is 0 Å². The first-order valence-electron chi connectivity index (χ1n) is 11.2. The molecule has 0 aliphatic rings. The van der Waals surface area contributed by atoms with Crippen molar-refractivity contribution in [2.45, 2.75) is 32.6 Å². The number of amides is 1. The van der Waals surface area contributed by atoms with Crippen LogP contribution < -0.4 is 11.0 Å². The average molecular weight is 515 g/mol. The summed E-state index contributed by atoms with van der Waals surface area (Å²) in [6, 6.07) is 11.0. The Labute approximate surface area is 208 Å². The second kappa shape index (κ2) is 10.0. The smallest absolute Gasteiger partial charge is 0.419 e. The molecule has 0 fully saturated rings. The lowest BCUT2D eigenvalue weighted by Crippen LogP contribution is -2.27. The summed E-state index contributed by atoms with van der Waals surface area (Å²) in [6.07, 6.45) is -1.96. The molecule has 2 N–H and O–H groups in total. The number of hydrogen-bond acceptors (Lipinski definition) is 3. The first-order valence-corrected chi connectivity index (χ1v) is 11.2. The molecule has 0 saturated heterocycles. The number of nitrogens with zero attached hydrogens (tertiary/aromatic N) is 1. The summed E-state index contributed by atoms with van der Waals surface area (Å²) >= 11 is 0. The highest BCUT2D eigenvalue weighted by Crippen LogP contribution is 2.33. The number of nitrogens with one attached hydrogen (secondary N) is 2. The number of carbonyl (C=O) groups excluding carboxylic acids is 1. The monoisotopic (exact) mass is 515 g/mol. The summed E-state index contributed by atoms with van der Waals surface area (Å²) < 4.78 is 73.3. The predicted octanol–water partition coefficient (Wildman–Crippen LogP) is 6.37. The Morgan fingerprint density at radius 1 is 1.08 bits per heavy atom. The van der Waals surface area contributed by atoms with Crippen LogP contribution in [-0.4, -0.2) is 10.5 Å². The van der Waals surface area contributed by atoms with Gasteiger partial charge in [-0.05, 0) is 84.1 Å². The van der Waals surface area contributed by atoms with Crippen LogP contribution in [0.5, 0.6) is 0 Å². The zero-order valence-corrected chi connectivity index (χ0v) is 19.8. The van der Waals surface area contributed by atoms with E-state index in [1.807, 2.05) is 0 Å². The zero-order valence-electron chi connectivity index (χ0n) is 19.8. The van der Waals surface area contributed by atoms with Gasteiger partial charge in [0.05, 0.1) is 18.2 Å². The van der Waals surface area contributed by atoms with Crippen LogP contribution in [-0.2, 0) is 12.7 Å². The molecule has 5 nitrogen and oxygen atoms in total. The van der Waals surface area contributed by atoms with E-state index >= 15 is 0 Å². The van der Waals surface area contributed by atoms with Gasteiger partial charge in [-0.3, -0.25) is 14.8 Å². The van der Waals surface area contributed by atoms with Crippen molar-refractivity contribution in [3.8, 4) is 11.1 Å². The summed E-state index contributed by atoms with van der Waals surface area (Å²) in [4.78, 5) is 13.2. The van der Waals surface area contributed by atoms with Gasteiger partial charge in [0.25, 0.3) is 11.6 Å². The molecule has 1 aromatic heterocycles. The fourth-order valence-corrected chi connectivity index (χ4v) is 4.04. The Bertz CT molecular complexity index is 1520. The largest absolute Gasteiger partial charge is 0.432 e. The third-order valence-electron chi connectivity index (χ3n) is 5.93. The average Bonchev–Trinajstić information content (AvgIpc) is 3.22. The first-order chi connectivity index (χ1) is 17.4. The molecule has 1 atom stereocenters. The van der Waals surface area contributed by atoms with E-state index in [0.29, 0.717) is 28.3 Å². The maximum atomic E-state index is 13.7. The van der Waals surface area contributed by atoms with Crippen molar-refractivity contribution in [3.63, 3.8) is 0 Å². The number of carbonyl (C=O) groups is 1. The molecule has 1 heterocycles. The summed E-state index contributed by atoms with van der Waals surface area (Å²) in [7, 11) is 0. The van der Waals surface area contributed by atoms with Crippen LogP contribution in [0.15, 0.2) is 71.5 Å². The van der Waals surface area contributed by atoms with E-state index in [0.717, 1.165) is 6.07 Å².